The van der Waals surface area contributed by atoms with Crippen molar-refractivity contribution in [3.05, 3.63) is 0 Å². The highest BCUT2D eigenvalue weighted by atomic mass is 15.2. The lowest BCUT2D eigenvalue weighted by Crippen LogP contribution is -2.54. The summed E-state index contributed by atoms with van der Waals surface area (Å²) in [6, 6.07) is 0. The third kappa shape index (κ3) is 1.94. The van der Waals surface area contributed by atoms with Crippen molar-refractivity contribution >= 4 is 0 Å². The van der Waals surface area contributed by atoms with E-state index < -0.39 is 0 Å². The molecule has 2 aliphatic carbocycles. The Morgan fingerprint density at radius 2 is 2.07 bits per heavy atom. The zero-order chi connectivity index (χ0) is 11.1. The number of hydrogen-bond acceptors (Lipinski definition) is 2. The minimum absolute atomic E-state index is 0.322. The van der Waals surface area contributed by atoms with E-state index in [1.165, 1.54) is 32.2 Å². The molecule has 2 fully saturated rings. The maximum absolute atomic E-state index is 6.05. The first-order valence-corrected chi connectivity index (χ1v) is 6.51. The third-order valence-electron chi connectivity index (χ3n) is 5.06. The van der Waals surface area contributed by atoms with Crippen LogP contribution in [-0.4, -0.2) is 30.6 Å². The van der Waals surface area contributed by atoms with Gasteiger partial charge in [0.2, 0.25) is 0 Å². The van der Waals surface area contributed by atoms with Crippen LogP contribution in [0.5, 0.6) is 0 Å². The highest BCUT2D eigenvalue weighted by molar-refractivity contribution is 5.00. The zero-order valence-corrected chi connectivity index (χ0v) is 10.5. The smallest absolute Gasteiger partial charge is 0.0354 e. The quantitative estimate of drug-likeness (QED) is 0.770. The fourth-order valence-corrected chi connectivity index (χ4v) is 3.44. The summed E-state index contributed by atoms with van der Waals surface area (Å²) in [6.45, 7) is 6.85. The standard InChI is InChI=1S/C13H26N2/c1-10-7-12(10)8-15(3)13(9-14)6-4-5-11(13)2/h10-12H,4-9,14H2,1-3H3. The fraction of sp³-hybridized carbons (Fsp3) is 1.00. The molecule has 2 heteroatoms. The van der Waals surface area contributed by atoms with Gasteiger partial charge in [-0.05, 0) is 44.1 Å². The molecule has 2 saturated carbocycles. The second-order valence-corrected chi connectivity index (χ2v) is 5.95. The van der Waals surface area contributed by atoms with Gasteiger partial charge in [-0.1, -0.05) is 20.3 Å². The molecule has 88 valence electrons. The van der Waals surface area contributed by atoms with Crippen LogP contribution in [0.2, 0.25) is 0 Å². The van der Waals surface area contributed by atoms with Crippen LogP contribution in [0.4, 0.5) is 0 Å². The van der Waals surface area contributed by atoms with Gasteiger partial charge in [0.05, 0.1) is 0 Å². The van der Waals surface area contributed by atoms with E-state index in [1.54, 1.807) is 0 Å². The molecule has 0 aliphatic heterocycles. The van der Waals surface area contributed by atoms with Crippen molar-refractivity contribution in [2.75, 3.05) is 20.1 Å². The zero-order valence-electron chi connectivity index (χ0n) is 10.5. The average molecular weight is 210 g/mol. The molecule has 0 aromatic rings. The Balaban J connectivity index is 1.98. The van der Waals surface area contributed by atoms with E-state index in [1.807, 2.05) is 0 Å². The number of nitrogens with zero attached hydrogens (tertiary/aromatic N) is 1. The van der Waals surface area contributed by atoms with Crippen LogP contribution in [0.1, 0.15) is 39.5 Å². The van der Waals surface area contributed by atoms with Gasteiger partial charge in [0.15, 0.2) is 0 Å². The molecule has 4 unspecified atom stereocenters. The lowest BCUT2D eigenvalue weighted by Gasteiger charge is -2.42. The van der Waals surface area contributed by atoms with E-state index in [2.05, 4.69) is 25.8 Å². The van der Waals surface area contributed by atoms with Crippen LogP contribution in [0.15, 0.2) is 0 Å². The number of likely N-dealkylation sites (N-methyl/N-ethyl adjacent to an activating group) is 1. The van der Waals surface area contributed by atoms with Gasteiger partial charge < -0.3 is 5.73 Å². The Morgan fingerprint density at radius 3 is 2.47 bits per heavy atom. The first kappa shape index (κ1) is 11.4. The Kier molecular flexibility index (Phi) is 3.09. The first-order chi connectivity index (χ1) is 7.10. The molecule has 0 spiro atoms. The monoisotopic (exact) mass is 210 g/mol. The lowest BCUT2D eigenvalue weighted by molar-refractivity contribution is 0.0853. The van der Waals surface area contributed by atoms with Crippen molar-refractivity contribution < 1.29 is 0 Å². The Morgan fingerprint density at radius 1 is 1.40 bits per heavy atom. The fourth-order valence-electron chi connectivity index (χ4n) is 3.44. The highest BCUT2D eigenvalue weighted by Gasteiger charge is 2.45. The molecule has 2 aliphatic rings. The van der Waals surface area contributed by atoms with Gasteiger partial charge in [-0.15, -0.1) is 0 Å². The van der Waals surface area contributed by atoms with Crippen LogP contribution in [-0.2, 0) is 0 Å². The second-order valence-electron chi connectivity index (χ2n) is 5.95. The Hall–Kier alpha value is -0.0800. The maximum atomic E-state index is 6.05. The number of hydrogen-bond donors (Lipinski definition) is 1. The highest BCUT2D eigenvalue weighted by Crippen LogP contribution is 2.43. The van der Waals surface area contributed by atoms with E-state index in [9.17, 15) is 0 Å². The molecule has 0 radical (unpaired) electrons. The van der Waals surface area contributed by atoms with Crippen molar-refractivity contribution in [1.29, 1.82) is 0 Å². The minimum Gasteiger partial charge on any atom is -0.329 e. The minimum atomic E-state index is 0.322. The molecule has 15 heavy (non-hydrogen) atoms. The lowest BCUT2D eigenvalue weighted by atomic mass is 9.86. The molecule has 2 nitrogen and oxygen atoms in total. The molecule has 4 atom stereocenters. The molecular weight excluding hydrogens is 184 g/mol. The summed E-state index contributed by atoms with van der Waals surface area (Å²) in [7, 11) is 2.29. The third-order valence-corrected chi connectivity index (χ3v) is 5.06. The van der Waals surface area contributed by atoms with Crippen LogP contribution in [0, 0.1) is 17.8 Å². The maximum Gasteiger partial charge on any atom is 0.0354 e. The summed E-state index contributed by atoms with van der Waals surface area (Å²) in [5, 5.41) is 0. The number of rotatable bonds is 4. The largest absolute Gasteiger partial charge is 0.329 e. The van der Waals surface area contributed by atoms with Crippen LogP contribution in [0.25, 0.3) is 0 Å². The van der Waals surface area contributed by atoms with E-state index in [0.717, 1.165) is 24.3 Å². The first-order valence-electron chi connectivity index (χ1n) is 6.51. The van der Waals surface area contributed by atoms with Crippen LogP contribution >= 0.6 is 0 Å². The van der Waals surface area contributed by atoms with Gasteiger partial charge in [-0.2, -0.15) is 0 Å². The SMILES string of the molecule is CC1CC1CN(C)C1(CN)CCCC1C. The second kappa shape index (κ2) is 4.06. The van der Waals surface area contributed by atoms with Crippen LogP contribution < -0.4 is 5.73 Å². The van der Waals surface area contributed by atoms with Crippen molar-refractivity contribution in [1.82, 2.24) is 4.90 Å². The molecule has 0 aromatic heterocycles. The van der Waals surface area contributed by atoms with Gasteiger partial charge in [-0.3, -0.25) is 4.90 Å². The van der Waals surface area contributed by atoms with Crippen molar-refractivity contribution in [2.24, 2.45) is 23.5 Å². The summed E-state index contributed by atoms with van der Waals surface area (Å²) in [5.74, 6) is 2.69. The van der Waals surface area contributed by atoms with Gasteiger partial charge in [0.25, 0.3) is 0 Å². The van der Waals surface area contributed by atoms with Gasteiger partial charge in [0, 0.05) is 18.6 Å². The van der Waals surface area contributed by atoms with Crippen molar-refractivity contribution in [3.8, 4) is 0 Å². The van der Waals surface area contributed by atoms with E-state index >= 15 is 0 Å². The van der Waals surface area contributed by atoms with Gasteiger partial charge >= 0.3 is 0 Å². The molecular formula is C13H26N2. The van der Waals surface area contributed by atoms with Gasteiger partial charge in [0.1, 0.15) is 0 Å². The van der Waals surface area contributed by atoms with Crippen molar-refractivity contribution in [3.63, 3.8) is 0 Å². The summed E-state index contributed by atoms with van der Waals surface area (Å²) < 4.78 is 0. The van der Waals surface area contributed by atoms with Crippen molar-refractivity contribution in [2.45, 2.75) is 45.1 Å². The normalized spacial score (nSPS) is 45.0. The van der Waals surface area contributed by atoms with Crippen LogP contribution in [0.3, 0.4) is 0 Å². The summed E-state index contributed by atoms with van der Waals surface area (Å²) >= 11 is 0. The molecule has 0 saturated heterocycles. The molecule has 0 bridgehead atoms. The Labute approximate surface area is 94.2 Å². The van der Waals surface area contributed by atoms with E-state index in [4.69, 9.17) is 5.73 Å². The molecule has 2 N–H and O–H groups in total. The molecule has 0 heterocycles. The summed E-state index contributed by atoms with van der Waals surface area (Å²) in [4.78, 5) is 2.58. The average Bonchev–Trinajstić information content (AvgIpc) is 2.76. The molecule has 0 aromatic carbocycles. The van der Waals surface area contributed by atoms with E-state index in [0.29, 0.717) is 5.54 Å². The van der Waals surface area contributed by atoms with Gasteiger partial charge in [-0.25, -0.2) is 0 Å². The predicted molar refractivity (Wildman–Crippen MR) is 64.7 cm³/mol. The topological polar surface area (TPSA) is 29.3 Å². The van der Waals surface area contributed by atoms with E-state index in [-0.39, 0.29) is 0 Å². The molecule has 0 amide bonds. The summed E-state index contributed by atoms with van der Waals surface area (Å²) in [6.07, 6.45) is 5.46. The predicted octanol–water partition coefficient (Wildman–Crippen LogP) is 2.09. The molecule has 2 rings (SSSR count). The Bertz CT molecular complexity index is 229. The number of nitrogens with two attached hydrogens (primary N) is 1. The summed E-state index contributed by atoms with van der Waals surface area (Å²) in [5.41, 5.74) is 6.37.